The summed E-state index contributed by atoms with van der Waals surface area (Å²) in [6, 6.07) is 9.49. The number of benzene rings is 1. The van der Waals surface area contributed by atoms with E-state index in [0.29, 0.717) is 16.8 Å². The molecule has 0 saturated carbocycles. The molecule has 1 aromatic heterocycles. The SMILES string of the molecule is N#Cc1cc2c(c(-c3cccnc3)c1)N1CCCNC=C1C2=O. The van der Waals surface area contributed by atoms with Crippen molar-refractivity contribution >= 4 is 11.5 Å². The number of fused-ring (bicyclic) bond motifs is 3. The Labute approximate surface area is 133 Å². The Balaban J connectivity index is 2.00. The highest BCUT2D eigenvalue weighted by molar-refractivity contribution is 6.21. The summed E-state index contributed by atoms with van der Waals surface area (Å²) < 4.78 is 0. The molecule has 2 aliphatic heterocycles. The molecule has 0 atom stereocenters. The summed E-state index contributed by atoms with van der Waals surface area (Å²) in [4.78, 5) is 19.0. The fourth-order valence-corrected chi connectivity index (χ4v) is 3.17. The van der Waals surface area contributed by atoms with Crippen molar-refractivity contribution in [1.82, 2.24) is 10.3 Å². The minimum absolute atomic E-state index is 0.0309. The molecule has 23 heavy (non-hydrogen) atoms. The predicted molar refractivity (Wildman–Crippen MR) is 86.8 cm³/mol. The van der Waals surface area contributed by atoms with E-state index in [1.54, 1.807) is 24.7 Å². The average molecular weight is 302 g/mol. The lowest BCUT2D eigenvalue weighted by Gasteiger charge is -2.21. The molecule has 0 spiro atoms. The van der Waals surface area contributed by atoms with Gasteiger partial charge in [-0.05, 0) is 24.6 Å². The maximum Gasteiger partial charge on any atom is 0.213 e. The van der Waals surface area contributed by atoms with E-state index in [0.717, 1.165) is 36.3 Å². The lowest BCUT2D eigenvalue weighted by molar-refractivity contribution is 0.103. The van der Waals surface area contributed by atoms with E-state index in [1.807, 2.05) is 18.2 Å². The number of rotatable bonds is 1. The first-order valence-electron chi connectivity index (χ1n) is 7.54. The van der Waals surface area contributed by atoms with Gasteiger partial charge in [0.15, 0.2) is 0 Å². The Morgan fingerprint density at radius 2 is 2.17 bits per heavy atom. The zero-order chi connectivity index (χ0) is 15.8. The second kappa shape index (κ2) is 5.25. The summed E-state index contributed by atoms with van der Waals surface area (Å²) in [6.45, 7) is 1.62. The molecule has 0 bridgehead atoms. The maximum atomic E-state index is 12.8. The second-order valence-corrected chi connectivity index (χ2v) is 5.59. The van der Waals surface area contributed by atoms with Crippen LogP contribution in [0.1, 0.15) is 22.3 Å². The minimum Gasteiger partial charge on any atom is -0.389 e. The molecule has 0 radical (unpaired) electrons. The van der Waals surface area contributed by atoms with Crippen molar-refractivity contribution in [3.63, 3.8) is 0 Å². The van der Waals surface area contributed by atoms with Crippen molar-refractivity contribution in [2.24, 2.45) is 0 Å². The van der Waals surface area contributed by atoms with Crippen molar-refractivity contribution in [3.8, 4) is 17.2 Å². The number of carbonyl (C=O) groups excluding carboxylic acids is 1. The van der Waals surface area contributed by atoms with Crippen LogP contribution in [0.25, 0.3) is 11.1 Å². The van der Waals surface area contributed by atoms with Gasteiger partial charge in [0.2, 0.25) is 5.78 Å². The smallest absolute Gasteiger partial charge is 0.213 e. The van der Waals surface area contributed by atoms with Gasteiger partial charge in [-0.15, -0.1) is 0 Å². The Morgan fingerprint density at radius 1 is 1.30 bits per heavy atom. The predicted octanol–water partition coefficient (Wildman–Crippen LogP) is 2.46. The van der Waals surface area contributed by atoms with Gasteiger partial charge in [0.05, 0.1) is 17.3 Å². The third-order valence-electron chi connectivity index (χ3n) is 4.19. The van der Waals surface area contributed by atoms with E-state index in [4.69, 9.17) is 0 Å². The molecule has 2 aliphatic rings. The number of Topliss-reactive ketones (excluding diaryl/α,β-unsaturated/α-hetero) is 1. The zero-order valence-corrected chi connectivity index (χ0v) is 12.4. The van der Waals surface area contributed by atoms with Crippen molar-refractivity contribution < 1.29 is 4.79 Å². The van der Waals surface area contributed by atoms with Crippen LogP contribution >= 0.6 is 0 Å². The first-order chi connectivity index (χ1) is 11.3. The molecule has 3 heterocycles. The normalized spacial score (nSPS) is 15.9. The summed E-state index contributed by atoms with van der Waals surface area (Å²) in [5.41, 5.74) is 4.41. The van der Waals surface area contributed by atoms with Crippen LogP contribution < -0.4 is 10.2 Å². The van der Waals surface area contributed by atoms with Gasteiger partial charge in [-0.2, -0.15) is 5.26 Å². The molecule has 5 nitrogen and oxygen atoms in total. The lowest BCUT2D eigenvalue weighted by atomic mass is 9.98. The Kier molecular flexibility index (Phi) is 3.09. The molecule has 0 saturated heterocycles. The fourth-order valence-electron chi connectivity index (χ4n) is 3.17. The molecular weight excluding hydrogens is 288 g/mol. The van der Waals surface area contributed by atoms with E-state index in [-0.39, 0.29) is 5.78 Å². The molecule has 1 N–H and O–H groups in total. The molecule has 4 rings (SSSR count). The van der Waals surface area contributed by atoms with Gasteiger partial charge in [-0.1, -0.05) is 6.07 Å². The third-order valence-corrected chi connectivity index (χ3v) is 4.19. The molecular formula is C18H14N4O. The largest absolute Gasteiger partial charge is 0.389 e. The highest BCUT2D eigenvalue weighted by Gasteiger charge is 2.35. The van der Waals surface area contributed by atoms with Gasteiger partial charge in [-0.3, -0.25) is 9.78 Å². The zero-order valence-electron chi connectivity index (χ0n) is 12.4. The van der Waals surface area contributed by atoms with Gasteiger partial charge < -0.3 is 10.2 Å². The number of ketones is 1. The first kappa shape index (κ1) is 13.5. The summed E-state index contributed by atoms with van der Waals surface area (Å²) in [5, 5.41) is 12.5. The minimum atomic E-state index is -0.0309. The number of nitriles is 1. The summed E-state index contributed by atoms with van der Waals surface area (Å²) >= 11 is 0. The van der Waals surface area contributed by atoms with Crippen LogP contribution in [-0.4, -0.2) is 23.9 Å². The van der Waals surface area contributed by atoms with Crippen LogP contribution in [0.2, 0.25) is 0 Å². The number of hydrogen-bond donors (Lipinski definition) is 1. The lowest BCUT2D eigenvalue weighted by Crippen LogP contribution is -2.21. The molecule has 0 aliphatic carbocycles. The number of nitrogens with zero attached hydrogens (tertiary/aromatic N) is 3. The average Bonchev–Trinajstić information content (AvgIpc) is 2.77. The standard InChI is InChI=1S/C18H14N4O/c19-9-12-7-14(13-3-1-4-20-10-13)17-15(8-12)18(23)16-11-21-5-2-6-22(16)17/h1,3-4,7-8,10-11,21H,2,5-6H2. The monoisotopic (exact) mass is 302 g/mol. The van der Waals surface area contributed by atoms with E-state index in [2.05, 4.69) is 21.3 Å². The highest BCUT2D eigenvalue weighted by Crippen LogP contribution is 2.43. The Morgan fingerprint density at radius 3 is 2.96 bits per heavy atom. The van der Waals surface area contributed by atoms with Crippen LogP contribution in [0, 0.1) is 11.3 Å². The quantitative estimate of drug-likeness (QED) is 0.876. The molecule has 0 amide bonds. The topological polar surface area (TPSA) is 69.0 Å². The van der Waals surface area contributed by atoms with Gasteiger partial charge in [-0.25, -0.2) is 0 Å². The number of aromatic nitrogens is 1. The van der Waals surface area contributed by atoms with Gasteiger partial charge in [0, 0.05) is 48.4 Å². The number of pyridine rings is 1. The highest BCUT2D eigenvalue weighted by atomic mass is 16.1. The van der Waals surface area contributed by atoms with Crippen LogP contribution in [0.3, 0.4) is 0 Å². The van der Waals surface area contributed by atoms with Gasteiger partial charge in [0.25, 0.3) is 0 Å². The molecule has 0 fully saturated rings. The number of nitrogens with one attached hydrogen (secondary N) is 1. The number of anilines is 1. The van der Waals surface area contributed by atoms with Crippen molar-refractivity contribution in [1.29, 1.82) is 5.26 Å². The van der Waals surface area contributed by atoms with Crippen molar-refractivity contribution in [2.75, 3.05) is 18.0 Å². The Bertz CT molecular complexity index is 865. The molecule has 0 unspecified atom stereocenters. The molecule has 1 aromatic carbocycles. The van der Waals surface area contributed by atoms with E-state index in [9.17, 15) is 10.1 Å². The summed E-state index contributed by atoms with van der Waals surface area (Å²) in [6.07, 6.45) is 6.21. The van der Waals surface area contributed by atoms with E-state index < -0.39 is 0 Å². The maximum absolute atomic E-state index is 12.8. The number of hydrogen-bond acceptors (Lipinski definition) is 5. The summed E-state index contributed by atoms with van der Waals surface area (Å²) in [7, 11) is 0. The molecule has 2 aromatic rings. The molecule has 112 valence electrons. The van der Waals surface area contributed by atoms with Crippen molar-refractivity contribution in [2.45, 2.75) is 6.42 Å². The van der Waals surface area contributed by atoms with E-state index in [1.165, 1.54) is 0 Å². The summed E-state index contributed by atoms with van der Waals surface area (Å²) in [5.74, 6) is -0.0309. The number of allylic oxidation sites excluding steroid dienone is 1. The number of carbonyl (C=O) groups is 1. The van der Waals surface area contributed by atoms with Crippen LogP contribution in [-0.2, 0) is 0 Å². The fraction of sp³-hybridized carbons (Fsp3) is 0.167. The van der Waals surface area contributed by atoms with Crippen LogP contribution in [0.15, 0.2) is 48.6 Å². The van der Waals surface area contributed by atoms with E-state index >= 15 is 0 Å². The Hall–Kier alpha value is -3.13. The first-order valence-corrected chi connectivity index (χ1v) is 7.54. The van der Waals surface area contributed by atoms with Crippen molar-refractivity contribution in [3.05, 3.63) is 59.7 Å². The second-order valence-electron chi connectivity index (χ2n) is 5.59. The van der Waals surface area contributed by atoms with Crippen LogP contribution in [0.5, 0.6) is 0 Å². The van der Waals surface area contributed by atoms with Gasteiger partial charge in [0.1, 0.15) is 5.70 Å². The third kappa shape index (κ3) is 2.08. The molecule has 5 heteroatoms. The van der Waals surface area contributed by atoms with Gasteiger partial charge >= 0.3 is 0 Å². The van der Waals surface area contributed by atoms with Crippen LogP contribution in [0.4, 0.5) is 5.69 Å².